The molecule has 0 aliphatic heterocycles. The molecule has 0 bridgehead atoms. The minimum atomic E-state index is 0.00750. The van der Waals surface area contributed by atoms with Gasteiger partial charge in [0.25, 0.3) is 0 Å². The van der Waals surface area contributed by atoms with Gasteiger partial charge < -0.3 is 5.11 Å². The van der Waals surface area contributed by atoms with Crippen molar-refractivity contribution in [2.45, 2.75) is 6.61 Å². The van der Waals surface area contributed by atoms with E-state index in [1.165, 1.54) is 11.3 Å². The second-order valence-corrected chi connectivity index (χ2v) is 3.62. The van der Waals surface area contributed by atoms with Crippen molar-refractivity contribution in [1.82, 2.24) is 4.98 Å². The topological polar surface area (TPSA) is 33.1 Å². The quantitative estimate of drug-likeness (QED) is 0.763. The molecule has 0 aliphatic carbocycles. The summed E-state index contributed by atoms with van der Waals surface area (Å²) < 4.78 is 0.964. The van der Waals surface area contributed by atoms with E-state index in [-0.39, 0.29) is 6.61 Å². The van der Waals surface area contributed by atoms with Gasteiger partial charge in [-0.3, -0.25) is 0 Å². The first kappa shape index (κ1) is 7.98. The van der Waals surface area contributed by atoms with E-state index in [9.17, 15) is 0 Å². The summed E-state index contributed by atoms with van der Waals surface area (Å²) in [6.07, 6.45) is 0. The number of fused-ring (bicyclic) bond motifs is 1. The van der Waals surface area contributed by atoms with Crippen LogP contribution in [0.4, 0.5) is 0 Å². The summed E-state index contributed by atoms with van der Waals surface area (Å²) in [5.74, 6) is 0. The van der Waals surface area contributed by atoms with Crippen molar-refractivity contribution in [3.05, 3.63) is 28.2 Å². The van der Waals surface area contributed by atoms with Crippen LogP contribution in [-0.2, 0) is 6.61 Å². The predicted octanol–water partition coefficient (Wildman–Crippen LogP) is 2.24. The fraction of sp³-hybridized carbons (Fsp3) is 0.125. The zero-order valence-corrected chi connectivity index (χ0v) is 7.61. The standard InChI is InChI=1S/C8H5ClNOS/c9-6-1-5(3-11)2-7-8(6)10-4-12-7/h1-2,11H,3H2. The number of thiazole rings is 1. The molecule has 0 fully saturated rings. The first-order valence-corrected chi connectivity index (χ1v) is 4.56. The van der Waals surface area contributed by atoms with Crippen LogP contribution in [0.5, 0.6) is 0 Å². The molecule has 2 nitrogen and oxygen atoms in total. The molecule has 1 aromatic heterocycles. The SMILES string of the molecule is OCc1cc(Cl)c2n[c]sc2c1. The van der Waals surface area contributed by atoms with Gasteiger partial charge in [-0.05, 0) is 17.7 Å². The van der Waals surface area contributed by atoms with Crippen LogP contribution < -0.4 is 0 Å². The van der Waals surface area contributed by atoms with Gasteiger partial charge in [-0.2, -0.15) is 0 Å². The zero-order valence-electron chi connectivity index (χ0n) is 6.04. The number of aromatic nitrogens is 1. The van der Waals surface area contributed by atoms with Crippen LogP contribution in [0.3, 0.4) is 0 Å². The van der Waals surface area contributed by atoms with Gasteiger partial charge in [-0.25, -0.2) is 4.98 Å². The van der Waals surface area contributed by atoms with E-state index in [0.717, 1.165) is 15.8 Å². The summed E-state index contributed by atoms with van der Waals surface area (Å²) in [5, 5.41) is 9.45. The van der Waals surface area contributed by atoms with E-state index in [1.807, 2.05) is 6.07 Å². The van der Waals surface area contributed by atoms with E-state index in [0.29, 0.717) is 5.02 Å². The van der Waals surface area contributed by atoms with Crippen molar-refractivity contribution in [3.63, 3.8) is 0 Å². The smallest absolute Gasteiger partial charge is 0.153 e. The van der Waals surface area contributed by atoms with E-state index in [4.69, 9.17) is 16.7 Å². The highest BCUT2D eigenvalue weighted by molar-refractivity contribution is 7.16. The van der Waals surface area contributed by atoms with Crippen molar-refractivity contribution >= 4 is 33.2 Å². The summed E-state index contributed by atoms with van der Waals surface area (Å²) in [6.45, 7) is 0.00750. The summed E-state index contributed by atoms with van der Waals surface area (Å²) in [4.78, 5) is 3.97. The fourth-order valence-electron chi connectivity index (χ4n) is 1.02. The van der Waals surface area contributed by atoms with Crippen LogP contribution in [0, 0.1) is 5.51 Å². The molecule has 61 valence electrons. The highest BCUT2D eigenvalue weighted by Gasteiger charge is 2.03. The van der Waals surface area contributed by atoms with E-state index in [2.05, 4.69) is 10.5 Å². The largest absolute Gasteiger partial charge is 0.392 e. The molecule has 1 N–H and O–H groups in total. The van der Waals surface area contributed by atoms with Crippen molar-refractivity contribution in [2.24, 2.45) is 0 Å². The van der Waals surface area contributed by atoms with Crippen molar-refractivity contribution in [1.29, 1.82) is 0 Å². The van der Waals surface area contributed by atoms with E-state index >= 15 is 0 Å². The third-order valence-electron chi connectivity index (χ3n) is 1.58. The Balaban J connectivity index is 2.75. The van der Waals surface area contributed by atoms with Gasteiger partial charge >= 0.3 is 0 Å². The number of rotatable bonds is 1. The molecule has 4 heteroatoms. The van der Waals surface area contributed by atoms with Crippen LogP contribution in [0.15, 0.2) is 12.1 Å². The normalized spacial score (nSPS) is 10.8. The Hall–Kier alpha value is -0.640. The minimum Gasteiger partial charge on any atom is -0.392 e. The Kier molecular flexibility index (Phi) is 2.00. The predicted molar refractivity (Wildman–Crippen MR) is 49.4 cm³/mol. The number of hydrogen-bond donors (Lipinski definition) is 1. The van der Waals surface area contributed by atoms with E-state index < -0.39 is 0 Å². The van der Waals surface area contributed by atoms with Crippen LogP contribution in [-0.4, -0.2) is 10.1 Å². The summed E-state index contributed by atoms with van der Waals surface area (Å²) >= 11 is 7.29. The third-order valence-corrected chi connectivity index (χ3v) is 2.59. The average Bonchev–Trinajstić information content (AvgIpc) is 2.52. The lowest BCUT2D eigenvalue weighted by atomic mass is 10.2. The lowest BCUT2D eigenvalue weighted by molar-refractivity contribution is 0.282. The van der Waals surface area contributed by atoms with Crippen molar-refractivity contribution < 1.29 is 5.11 Å². The number of aliphatic hydroxyl groups excluding tert-OH is 1. The van der Waals surface area contributed by atoms with Crippen LogP contribution in [0.1, 0.15) is 5.56 Å². The van der Waals surface area contributed by atoms with Gasteiger partial charge in [0.2, 0.25) is 0 Å². The molecule has 2 aromatic rings. The maximum Gasteiger partial charge on any atom is 0.153 e. The highest BCUT2D eigenvalue weighted by Crippen LogP contribution is 2.26. The second kappa shape index (κ2) is 3.01. The molecule has 0 unspecified atom stereocenters. The molecule has 2 rings (SSSR count). The first-order chi connectivity index (χ1) is 5.81. The molecular formula is C8H5ClNOS. The molecule has 1 aromatic carbocycles. The average molecular weight is 199 g/mol. The minimum absolute atomic E-state index is 0.00750. The van der Waals surface area contributed by atoms with Crippen LogP contribution in [0.25, 0.3) is 10.2 Å². The molecule has 0 aliphatic rings. The number of hydrogen-bond acceptors (Lipinski definition) is 3. The Morgan fingerprint density at radius 1 is 1.58 bits per heavy atom. The molecular weight excluding hydrogens is 194 g/mol. The number of benzene rings is 1. The van der Waals surface area contributed by atoms with Gasteiger partial charge in [-0.15, -0.1) is 11.3 Å². The van der Waals surface area contributed by atoms with E-state index in [1.54, 1.807) is 6.07 Å². The van der Waals surface area contributed by atoms with Gasteiger partial charge in [0, 0.05) is 0 Å². The fourth-order valence-corrected chi connectivity index (χ4v) is 2.06. The molecule has 1 heterocycles. The first-order valence-electron chi connectivity index (χ1n) is 3.37. The van der Waals surface area contributed by atoms with Crippen molar-refractivity contribution in [2.75, 3.05) is 0 Å². The van der Waals surface area contributed by atoms with Gasteiger partial charge in [-0.1, -0.05) is 11.6 Å². The summed E-state index contributed by atoms with van der Waals surface area (Å²) in [7, 11) is 0. The van der Waals surface area contributed by atoms with Crippen molar-refractivity contribution in [3.8, 4) is 0 Å². The van der Waals surface area contributed by atoms with Gasteiger partial charge in [0.1, 0.15) is 5.52 Å². The number of nitrogens with zero attached hydrogens (tertiary/aromatic N) is 1. The molecule has 0 saturated heterocycles. The molecule has 0 spiro atoms. The van der Waals surface area contributed by atoms with Gasteiger partial charge in [0.05, 0.1) is 16.3 Å². The molecule has 12 heavy (non-hydrogen) atoms. The maximum atomic E-state index is 8.87. The molecule has 1 radical (unpaired) electrons. The molecule has 0 atom stereocenters. The molecule has 0 amide bonds. The van der Waals surface area contributed by atoms with Crippen LogP contribution in [0.2, 0.25) is 5.02 Å². The number of aliphatic hydroxyl groups is 1. The van der Waals surface area contributed by atoms with Crippen LogP contribution >= 0.6 is 22.9 Å². The summed E-state index contributed by atoms with van der Waals surface area (Å²) in [5.41, 5.74) is 4.33. The summed E-state index contributed by atoms with van der Waals surface area (Å²) in [6, 6.07) is 3.59. The Morgan fingerprint density at radius 3 is 3.17 bits per heavy atom. The maximum absolute atomic E-state index is 8.87. The Labute approximate surface area is 78.4 Å². The highest BCUT2D eigenvalue weighted by atomic mass is 35.5. The second-order valence-electron chi connectivity index (χ2n) is 2.39. The third kappa shape index (κ3) is 1.20. The van der Waals surface area contributed by atoms with Gasteiger partial charge in [0.15, 0.2) is 5.51 Å². The Morgan fingerprint density at radius 2 is 2.42 bits per heavy atom. The Bertz CT molecular complexity index is 412. The lowest BCUT2D eigenvalue weighted by Gasteiger charge is -1.97. The molecule has 0 saturated carbocycles. The number of halogens is 1. The lowest BCUT2D eigenvalue weighted by Crippen LogP contribution is -1.82. The zero-order chi connectivity index (χ0) is 8.55. The monoisotopic (exact) mass is 198 g/mol.